The Balaban J connectivity index is 3.49. The van der Waals surface area contributed by atoms with E-state index in [1.165, 1.54) is 12.5 Å². The summed E-state index contributed by atoms with van der Waals surface area (Å²) in [5.74, 6) is 0. The van der Waals surface area contributed by atoms with Crippen molar-refractivity contribution in [3.63, 3.8) is 0 Å². The summed E-state index contributed by atoms with van der Waals surface area (Å²) in [7, 11) is 0. The molecule has 0 aliphatic heterocycles. The van der Waals surface area contributed by atoms with E-state index in [4.69, 9.17) is 14.2 Å². The van der Waals surface area contributed by atoms with Gasteiger partial charge in [0, 0.05) is 0 Å². The molecule has 3 heteroatoms. The summed E-state index contributed by atoms with van der Waals surface area (Å²) in [6.45, 7) is 8.63. The fourth-order valence-electron chi connectivity index (χ4n) is 0.482. The van der Waals surface area contributed by atoms with E-state index >= 15 is 0 Å². The van der Waals surface area contributed by atoms with Gasteiger partial charge in [0.05, 0.1) is 19.1 Å². The molecule has 0 bridgehead atoms. The third-order valence-corrected chi connectivity index (χ3v) is 0.873. The van der Waals surface area contributed by atoms with Crippen LogP contribution in [0, 0.1) is 0 Å². The molecule has 0 fully saturated rings. The smallest absolute Gasteiger partial charge is 0.359 e. The summed E-state index contributed by atoms with van der Waals surface area (Å²) in [5.41, 5.74) is 0. The summed E-state index contributed by atoms with van der Waals surface area (Å²) in [4.78, 5) is 0. The Bertz CT molecular complexity index is 102. The highest BCUT2D eigenvalue weighted by Gasteiger charge is 2.04. The van der Waals surface area contributed by atoms with Gasteiger partial charge in [-0.05, 0) is 6.42 Å². The van der Waals surface area contributed by atoms with Crippen LogP contribution in [0.5, 0.6) is 0 Å². The third kappa shape index (κ3) is 5.48. The van der Waals surface area contributed by atoms with E-state index in [0.717, 1.165) is 6.42 Å². The first-order chi connectivity index (χ1) is 5.35. The second-order valence-corrected chi connectivity index (χ2v) is 1.76. The maximum Gasteiger partial charge on any atom is 0.359 e. The molecule has 0 radical (unpaired) electrons. The SMILES string of the molecule is C=COC(OC=C)OCCC. The molecule has 0 aromatic heterocycles. The van der Waals surface area contributed by atoms with Gasteiger partial charge < -0.3 is 14.2 Å². The molecule has 0 heterocycles. The molecule has 0 rings (SSSR count). The van der Waals surface area contributed by atoms with Gasteiger partial charge in [-0.1, -0.05) is 20.1 Å². The zero-order valence-corrected chi connectivity index (χ0v) is 6.79. The number of hydrogen-bond acceptors (Lipinski definition) is 3. The average molecular weight is 158 g/mol. The lowest BCUT2D eigenvalue weighted by molar-refractivity contribution is -0.240. The molecule has 11 heavy (non-hydrogen) atoms. The van der Waals surface area contributed by atoms with Gasteiger partial charge >= 0.3 is 6.48 Å². The van der Waals surface area contributed by atoms with Crippen molar-refractivity contribution in [1.82, 2.24) is 0 Å². The average Bonchev–Trinajstić information content (AvgIpc) is 2.01. The van der Waals surface area contributed by atoms with Crippen molar-refractivity contribution >= 4 is 0 Å². The Morgan fingerprint density at radius 1 is 1.27 bits per heavy atom. The van der Waals surface area contributed by atoms with Gasteiger partial charge in [0.1, 0.15) is 0 Å². The fraction of sp³-hybridized carbons (Fsp3) is 0.500. The van der Waals surface area contributed by atoms with Crippen LogP contribution in [0.3, 0.4) is 0 Å². The predicted octanol–water partition coefficient (Wildman–Crippen LogP) is 2.02. The van der Waals surface area contributed by atoms with Crippen molar-refractivity contribution in [1.29, 1.82) is 0 Å². The Hall–Kier alpha value is -0.960. The van der Waals surface area contributed by atoms with Crippen molar-refractivity contribution in [2.24, 2.45) is 0 Å². The Morgan fingerprint density at radius 3 is 2.18 bits per heavy atom. The molecule has 0 aliphatic rings. The van der Waals surface area contributed by atoms with E-state index in [9.17, 15) is 0 Å². The summed E-state index contributed by atoms with van der Waals surface area (Å²) in [6, 6.07) is 0. The molecule has 0 saturated heterocycles. The zero-order valence-electron chi connectivity index (χ0n) is 6.79. The Kier molecular flexibility index (Phi) is 6.53. The summed E-state index contributed by atoms with van der Waals surface area (Å²) >= 11 is 0. The molecule has 0 aliphatic carbocycles. The van der Waals surface area contributed by atoms with E-state index in [2.05, 4.69) is 13.2 Å². The summed E-state index contributed by atoms with van der Waals surface area (Å²) in [6.07, 6.45) is 3.45. The van der Waals surface area contributed by atoms with Crippen LogP contribution in [0.15, 0.2) is 25.7 Å². The van der Waals surface area contributed by atoms with Gasteiger partial charge in [0.2, 0.25) is 0 Å². The third-order valence-electron chi connectivity index (χ3n) is 0.873. The molecule has 0 amide bonds. The van der Waals surface area contributed by atoms with Crippen LogP contribution in [0.1, 0.15) is 13.3 Å². The highest BCUT2D eigenvalue weighted by molar-refractivity contribution is 4.52. The molecule has 0 aromatic rings. The number of hydrogen-bond donors (Lipinski definition) is 0. The van der Waals surface area contributed by atoms with E-state index < -0.39 is 6.48 Å². The molecule has 0 atom stereocenters. The second kappa shape index (κ2) is 7.15. The van der Waals surface area contributed by atoms with Crippen molar-refractivity contribution in [3.8, 4) is 0 Å². The molecule has 0 N–H and O–H groups in total. The topological polar surface area (TPSA) is 27.7 Å². The van der Waals surface area contributed by atoms with Crippen LogP contribution < -0.4 is 0 Å². The molecule has 0 saturated carbocycles. The molecule has 0 aromatic carbocycles. The lowest BCUT2D eigenvalue weighted by Gasteiger charge is -2.14. The first-order valence-corrected chi connectivity index (χ1v) is 3.49. The van der Waals surface area contributed by atoms with Gasteiger partial charge in [-0.2, -0.15) is 0 Å². The lowest BCUT2D eigenvalue weighted by atomic mass is 10.5. The standard InChI is InChI=1S/C8H14O3/c1-4-7-11-8(9-5-2)10-6-3/h5-6,8H,2-4,7H2,1H3. The van der Waals surface area contributed by atoms with E-state index in [-0.39, 0.29) is 0 Å². The molecular formula is C8H14O3. The molecular weight excluding hydrogens is 144 g/mol. The van der Waals surface area contributed by atoms with Crippen molar-refractivity contribution in [2.75, 3.05) is 6.61 Å². The zero-order chi connectivity index (χ0) is 8.53. The largest absolute Gasteiger partial charge is 0.441 e. The second-order valence-electron chi connectivity index (χ2n) is 1.76. The van der Waals surface area contributed by atoms with Gasteiger partial charge in [0.15, 0.2) is 0 Å². The molecule has 0 spiro atoms. The van der Waals surface area contributed by atoms with Crippen LogP contribution in [-0.2, 0) is 14.2 Å². The first kappa shape index (κ1) is 10.0. The maximum atomic E-state index is 5.09. The Morgan fingerprint density at radius 2 is 1.82 bits per heavy atom. The lowest BCUT2D eigenvalue weighted by Crippen LogP contribution is -2.16. The van der Waals surface area contributed by atoms with E-state index in [1.54, 1.807) is 0 Å². The molecule has 64 valence electrons. The maximum absolute atomic E-state index is 5.09. The highest BCUT2D eigenvalue weighted by Crippen LogP contribution is 1.98. The number of rotatable bonds is 7. The van der Waals surface area contributed by atoms with Gasteiger partial charge in [-0.3, -0.25) is 0 Å². The van der Waals surface area contributed by atoms with Gasteiger partial charge in [0.25, 0.3) is 0 Å². The predicted molar refractivity (Wildman–Crippen MR) is 42.6 cm³/mol. The van der Waals surface area contributed by atoms with Crippen LogP contribution in [-0.4, -0.2) is 13.1 Å². The minimum absolute atomic E-state index is 0.590. The minimum atomic E-state index is -0.704. The van der Waals surface area contributed by atoms with Crippen LogP contribution in [0.4, 0.5) is 0 Å². The summed E-state index contributed by atoms with van der Waals surface area (Å²) in [5, 5.41) is 0. The van der Waals surface area contributed by atoms with Crippen molar-refractivity contribution in [2.45, 2.75) is 19.8 Å². The van der Waals surface area contributed by atoms with Crippen LogP contribution in [0.25, 0.3) is 0 Å². The van der Waals surface area contributed by atoms with E-state index in [1.807, 2.05) is 6.92 Å². The van der Waals surface area contributed by atoms with Gasteiger partial charge in [-0.25, -0.2) is 0 Å². The highest BCUT2D eigenvalue weighted by atomic mass is 16.8. The minimum Gasteiger partial charge on any atom is -0.441 e. The first-order valence-electron chi connectivity index (χ1n) is 3.49. The Labute approximate surface area is 67.3 Å². The van der Waals surface area contributed by atoms with Crippen molar-refractivity contribution in [3.05, 3.63) is 25.7 Å². The molecule has 3 nitrogen and oxygen atoms in total. The van der Waals surface area contributed by atoms with E-state index in [0.29, 0.717) is 6.61 Å². The fourth-order valence-corrected chi connectivity index (χ4v) is 0.482. The normalized spacial score (nSPS) is 9.27. The molecule has 0 unspecified atom stereocenters. The van der Waals surface area contributed by atoms with Crippen LogP contribution >= 0.6 is 0 Å². The monoisotopic (exact) mass is 158 g/mol. The van der Waals surface area contributed by atoms with Crippen LogP contribution in [0.2, 0.25) is 0 Å². The van der Waals surface area contributed by atoms with Gasteiger partial charge in [-0.15, -0.1) is 0 Å². The van der Waals surface area contributed by atoms with Crippen molar-refractivity contribution < 1.29 is 14.2 Å². The number of ether oxygens (including phenoxy) is 3. The quantitative estimate of drug-likeness (QED) is 0.419. The summed E-state index contributed by atoms with van der Waals surface area (Å²) < 4.78 is 14.8.